The van der Waals surface area contributed by atoms with Gasteiger partial charge < -0.3 is 15.4 Å². The average molecular weight is 240 g/mol. The second kappa shape index (κ2) is 5.83. The van der Waals surface area contributed by atoms with Crippen LogP contribution in [0.15, 0.2) is 0 Å². The molecule has 17 heavy (non-hydrogen) atoms. The van der Waals surface area contributed by atoms with Crippen molar-refractivity contribution >= 4 is 5.91 Å². The molecule has 4 heteroatoms. The molecule has 1 aliphatic carbocycles. The number of rotatable bonds is 3. The number of nitrogens with one attached hydrogen (secondary N) is 2. The summed E-state index contributed by atoms with van der Waals surface area (Å²) in [5, 5.41) is 6.52. The van der Waals surface area contributed by atoms with E-state index in [0.717, 1.165) is 26.0 Å². The van der Waals surface area contributed by atoms with Gasteiger partial charge in [0.1, 0.15) is 0 Å². The highest BCUT2D eigenvalue weighted by molar-refractivity contribution is 5.77. The van der Waals surface area contributed by atoms with Crippen molar-refractivity contribution in [1.82, 2.24) is 10.6 Å². The standard InChI is InChI=1S/C13H24N2O2/c1-13(5-3-2-4-6-13)15-12(16)9-11-10-17-8-7-14-11/h11,14H,2-10H2,1H3,(H,15,16). The number of morpholine rings is 1. The molecular weight excluding hydrogens is 216 g/mol. The minimum atomic E-state index is 0.0326. The molecule has 0 spiro atoms. The Labute approximate surface area is 103 Å². The zero-order chi connectivity index (χ0) is 12.1. The number of carbonyl (C=O) groups excluding carboxylic acids is 1. The Morgan fingerprint density at radius 1 is 1.41 bits per heavy atom. The van der Waals surface area contributed by atoms with Crippen molar-refractivity contribution < 1.29 is 9.53 Å². The van der Waals surface area contributed by atoms with Gasteiger partial charge in [0.2, 0.25) is 5.91 Å². The number of carbonyl (C=O) groups is 1. The predicted octanol–water partition coefficient (Wildman–Crippen LogP) is 1.20. The fourth-order valence-corrected chi connectivity index (χ4v) is 2.82. The zero-order valence-electron chi connectivity index (χ0n) is 10.8. The molecule has 0 bridgehead atoms. The number of amides is 1. The highest BCUT2D eigenvalue weighted by Crippen LogP contribution is 2.27. The van der Waals surface area contributed by atoms with Crippen LogP contribution in [0.1, 0.15) is 45.4 Å². The molecule has 0 aromatic rings. The first-order chi connectivity index (χ1) is 8.18. The van der Waals surface area contributed by atoms with Crippen LogP contribution in [-0.2, 0) is 9.53 Å². The smallest absolute Gasteiger partial charge is 0.222 e. The third-order valence-electron chi connectivity index (χ3n) is 3.83. The van der Waals surface area contributed by atoms with Gasteiger partial charge in [-0.05, 0) is 19.8 Å². The predicted molar refractivity (Wildman–Crippen MR) is 66.9 cm³/mol. The summed E-state index contributed by atoms with van der Waals surface area (Å²) in [6, 6.07) is 0.191. The van der Waals surface area contributed by atoms with Gasteiger partial charge in [-0.25, -0.2) is 0 Å². The number of hydrogen-bond acceptors (Lipinski definition) is 3. The van der Waals surface area contributed by atoms with Crippen molar-refractivity contribution in [2.45, 2.75) is 57.0 Å². The van der Waals surface area contributed by atoms with Crippen LogP contribution in [-0.4, -0.2) is 37.2 Å². The lowest BCUT2D eigenvalue weighted by atomic mass is 9.83. The molecule has 1 unspecified atom stereocenters. The molecular formula is C13H24N2O2. The maximum Gasteiger partial charge on any atom is 0.222 e. The summed E-state index contributed by atoms with van der Waals surface area (Å²) >= 11 is 0. The largest absolute Gasteiger partial charge is 0.378 e. The molecule has 2 aliphatic rings. The molecule has 2 N–H and O–H groups in total. The van der Waals surface area contributed by atoms with Crippen molar-refractivity contribution in [3.05, 3.63) is 0 Å². The number of ether oxygens (including phenoxy) is 1. The molecule has 1 atom stereocenters. The van der Waals surface area contributed by atoms with Crippen LogP contribution in [0.5, 0.6) is 0 Å². The van der Waals surface area contributed by atoms with E-state index in [1.807, 2.05) is 0 Å². The summed E-state index contributed by atoms with van der Waals surface area (Å²) in [5.74, 6) is 0.164. The molecule has 2 rings (SSSR count). The second-order valence-electron chi connectivity index (χ2n) is 5.60. The van der Waals surface area contributed by atoms with Crippen LogP contribution in [0.25, 0.3) is 0 Å². The quantitative estimate of drug-likeness (QED) is 0.779. The van der Waals surface area contributed by atoms with Crippen molar-refractivity contribution in [1.29, 1.82) is 0 Å². The van der Waals surface area contributed by atoms with Crippen LogP contribution in [0, 0.1) is 0 Å². The molecule has 1 aliphatic heterocycles. The Morgan fingerprint density at radius 3 is 2.82 bits per heavy atom. The van der Waals surface area contributed by atoms with Crippen LogP contribution < -0.4 is 10.6 Å². The van der Waals surface area contributed by atoms with Gasteiger partial charge in [0.25, 0.3) is 0 Å². The van der Waals surface area contributed by atoms with Gasteiger partial charge in [-0.3, -0.25) is 4.79 Å². The third kappa shape index (κ3) is 3.96. The molecule has 4 nitrogen and oxygen atoms in total. The monoisotopic (exact) mass is 240 g/mol. The van der Waals surface area contributed by atoms with Gasteiger partial charge in [-0.1, -0.05) is 19.3 Å². The third-order valence-corrected chi connectivity index (χ3v) is 3.83. The van der Waals surface area contributed by atoms with E-state index in [-0.39, 0.29) is 17.5 Å². The Kier molecular flexibility index (Phi) is 4.40. The lowest BCUT2D eigenvalue weighted by Crippen LogP contribution is -2.50. The van der Waals surface area contributed by atoms with E-state index in [4.69, 9.17) is 4.74 Å². The van der Waals surface area contributed by atoms with Crippen molar-refractivity contribution in [3.63, 3.8) is 0 Å². The highest BCUT2D eigenvalue weighted by Gasteiger charge is 2.29. The molecule has 2 fully saturated rings. The van der Waals surface area contributed by atoms with E-state index in [2.05, 4.69) is 17.6 Å². The van der Waals surface area contributed by atoms with Crippen LogP contribution >= 0.6 is 0 Å². The maximum absolute atomic E-state index is 12.0. The first kappa shape index (κ1) is 12.8. The minimum absolute atomic E-state index is 0.0326. The molecule has 0 aromatic heterocycles. The van der Waals surface area contributed by atoms with E-state index in [9.17, 15) is 4.79 Å². The molecule has 1 amide bonds. The van der Waals surface area contributed by atoms with Crippen LogP contribution in [0.4, 0.5) is 0 Å². The Hall–Kier alpha value is -0.610. The Balaban J connectivity index is 1.75. The fourth-order valence-electron chi connectivity index (χ4n) is 2.82. The molecule has 0 aromatic carbocycles. The topological polar surface area (TPSA) is 50.4 Å². The highest BCUT2D eigenvalue weighted by atomic mass is 16.5. The maximum atomic E-state index is 12.0. The second-order valence-corrected chi connectivity index (χ2v) is 5.60. The number of hydrogen-bond donors (Lipinski definition) is 2. The molecule has 1 saturated heterocycles. The lowest BCUT2D eigenvalue weighted by molar-refractivity contribution is -0.124. The van der Waals surface area contributed by atoms with E-state index >= 15 is 0 Å². The average Bonchev–Trinajstić information content (AvgIpc) is 2.30. The van der Waals surface area contributed by atoms with Crippen molar-refractivity contribution in [3.8, 4) is 0 Å². The molecule has 98 valence electrons. The lowest BCUT2D eigenvalue weighted by Gasteiger charge is -2.35. The first-order valence-corrected chi connectivity index (χ1v) is 6.80. The van der Waals surface area contributed by atoms with E-state index in [0.29, 0.717) is 13.0 Å². The Bertz CT molecular complexity index is 256. The van der Waals surface area contributed by atoms with Gasteiger partial charge in [0, 0.05) is 24.5 Å². The Morgan fingerprint density at radius 2 is 2.18 bits per heavy atom. The summed E-state index contributed by atoms with van der Waals surface area (Å²) < 4.78 is 5.36. The normalized spacial score (nSPS) is 28.6. The molecule has 1 saturated carbocycles. The van der Waals surface area contributed by atoms with Gasteiger partial charge >= 0.3 is 0 Å². The summed E-state index contributed by atoms with van der Waals surface area (Å²) in [4.78, 5) is 12.0. The summed E-state index contributed by atoms with van der Waals surface area (Å²) in [6.45, 7) is 4.45. The van der Waals surface area contributed by atoms with E-state index < -0.39 is 0 Å². The molecule has 1 heterocycles. The summed E-state index contributed by atoms with van der Waals surface area (Å²) in [7, 11) is 0. The van der Waals surface area contributed by atoms with Gasteiger partial charge in [-0.15, -0.1) is 0 Å². The summed E-state index contributed by atoms with van der Waals surface area (Å²) in [5.41, 5.74) is 0.0326. The van der Waals surface area contributed by atoms with E-state index in [1.54, 1.807) is 0 Å². The SMILES string of the molecule is CC1(NC(=O)CC2COCCN2)CCCCC1. The van der Waals surface area contributed by atoms with E-state index in [1.165, 1.54) is 19.3 Å². The van der Waals surface area contributed by atoms with Crippen LogP contribution in [0.3, 0.4) is 0 Å². The molecule has 0 radical (unpaired) electrons. The minimum Gasteiger partial charge on any atom is -0.378 e. The zero-order valence-corrected chi connectivity index (χ0v) is 10.8. The van der Waals surface area contributed by atoms with Gasteiger partial charge in [-0.2, -0.15) is 0 Å². The van der Waals surface area contributed by atoms with Gasteiger partial charge in [0.15, 0.2) is 0 Å². The van der Waals surface area contributed by atoms with Crippen molar-refractivity contribution in [2.24, 2.45) is 0 Å². The van der Waals surface area contributed by atoms with Gasteiger partial charge in [0.05, 0.1) is 13.2 Å². The summed E-state index contributed by atoms with van der Waals surface area (Å²) in [6.07, 6.45) is 6.56. The first-order valence-electron chi connectivity index (χ1n) is 6.80. The fraction of sp³-hybridized carbons (Fsp3) is 0.923. The van der Waals surface area contributed by atoms with Crippen LogP contribution in [0.2, 0.25) is 0 Å². The van der Waals surface area contributed by atoms with Crippen molar-refractivity contribution in [2.75, 3.05) is 19.8 Å².